The third-order valence-electron chi connectivity index (χ3n) is 5.17. The molecule has 2 aliphatic rings. The van der Waals surface area contributed by atoms with Gasteiger partial charge in [0.05, 0.1) is 19.0 Å². The van der Waals surface area contributed by atoms with E-state index < -0.39 is 10.0 Å². The van der Waals surface area contributed by atoms with Gasteiger partial charge in [0.25, 0.3) is 0 Å². The minimum Gasteiger partial charge on any atom is -0.504 e. The summed E-state index contributed by atoms with van der Waals surface area (Å²) in [7, 11) is -3.17. The van der Waals surface area contributed by atoms with Crippen LogP contribution in [0.25, 0.3) is 0 Å². The number of fused-ring (bicyclic) bond motifs is 1. The minimum atomic E-state index is -3.17. The molecule has 0 radical (unpaired) electrons. The van der Waals surface area contributed by atoms with Crippen LogP contribution in [0.2, 0.25) is 0 Å². The van der Waals surface area contributed by atoms with Gasteiger partial charge in [-0.1, -0.05) is 6.07 Å². The average molecular weight is 356 g/mol. The van der Waals surface area contributed by atoms with Gasteiger partial charge in [0, 0.05) is 31.1 Å². The SMILES string of the molecule is CS(=O)(=O)N1CCC([C@@H]2OCc3ccc(O)c(O)c3[C@@H]2CN)CC1. The molecular weight excluding hydrogens is 332 g/mol. The second-order valence-electron chi connectivity index (χ2n) is 6.62. The van der Waals surface area contributed by atoms with Crippen molar-refractivity contribution in [3.8, 4) is 11.5 Å². The van der Waals surface area contributed by atoms with Crippen molar-refractivity contribution in [3.63, 3.8) is 0 Å². The molecule has 1 aromatic carbocycles. The molecule has 0 amide bonds. The summed E-state index contributed by atoms with van der Waals surface area (Å²) in [5.41, 5.74) is 7.46. The van der Waals surface area contributed by atoms with E-state index in [-0.39, 0.29) is 29.4 Å². The fourth-order valence-corrected chi connectivity index (χ4v) is 4.77. The average Bonchev–Trinajstić information content (AvgIpc) is 2.56. The Bertz CT molecular complexity index is 713. The zero-order valence-corrected chi connectivity index (χ0v) is 14.5. The van der Waals surface area contributed by atoms with Crippen LogP contribution in [0.3, 0.4) is 0 Å². The quantitative estimate of drug-likeness (QED) is 0.688. The fourth-order valence-electron chi connectivity index (χ4n) is 3.90. The van der Waals surface area contributed by atoms with Crippen molar-refractivity contribution < 1.29 is 23.4 Å². The van der Waals surface area contributed by atoms with Crippen molar-refractivity contribution in [2.24, 2.45) is 11.7 Å². The Morgan fingerprint density at radius 3 is 2.54 bits per heavy atom. The van der Waals surface area contributed by atoms with Gasteiger partial charge in [0.2, 0.25) is 10.0 Å². The molecule has 1 aromatic rings. The Hall–Kier alpha value is -1.35. The number of ether oxygens (including phenoxy) is 1. The number of phenolic OH excluding ortho intramolecular Hbond substituents is 2. The normalized spacial score (nSPS) is 26.2. The largest absolute Gasteiger partial charge is 0.504 e. The number of nitrogens with two attached hydrogens (primary N) is 1. The second-order valence-corrected chi connectivity index (χ2v) is 8.61. The van der Waals surface area contributed by atoms with Crippen LogP contribution in [0.5, 0.6) is 11.5 Å². The molecule has 0 saturated carbocycles. The molecular formula is C16H24N2O5S. The molecule has 1 saturated heterocycles. The van der Waals surface area contributed by atoms with E-state index in [1.165, 1.54) is 16.6 Å². The predicted octanol–water partition coefficient (Wildman–Crippen LogP) is 0.710. The minimum absolute atomic E-state index is 0.121. The van der Waals surface area contributed by atoms with Crippen LogP contribution >= 0.6 is 0 Å². The van der Waals surface area contributed by atoms with Crippen LogP contribution in [0.15, 0.2) is 12.1 Å². The third kappa shape index (κ3) is 3.11. The molecule has 8 heteroatoms. The summed E-state index contributed by atoms with van der Waals surface area (Å²) in [5, 5.41) is 20.1. The first kappa shape index (κ1) is 17.5. The van der Waals surface area contributed by atoms with Gasteiger partial charge in [-0.15, -0.1) is 0 Å². The van der Waals surface area contributed by atoms with Gasteiger partial charge in [-0.2, -0.15) is 0 Å². The monoisotopic (exact) mass is 356 g/mol. The van der Waals surface area contributed by atoms with Gasteiger partial charge < -0.3 is 20.7 Å². The number of benzene rings is 1. The van der Waals surface area contributed by atoms with Crippen LogP contribution in [-0.4, -0.2) is 54.9 Å². The maximum atomic E-state index is 11.6. The molecule has 3 rings (SSSR count). The highest BCUT2D eigenvalue weighted by Gasteiger charge is 2.39. The summed E-state index contributed by atoms with van der Waals surface area (Å²) in [6.07, 6.45) is 2.44. The van der Waals surface area contributed by atoms with Gasteiger partial charge in [-0.25, -0.2) is 12.7 Å². The van der Waals surface area contributed by atoms with Crippen molar-refractivity contribution in [3.05, 3.63) is 23.3 Å². The molecule has 134 valence electrons. The first-order valence-electron chi connectivity index (χ1n) is 8.13. The summed E-state index contributed by atoms with van der Waals surface area (Å²) in [6, 6.07) is 3.20. The molecule has 0 unspecified atom stereocenters. The zero-order valence-electron chi connectivity index (χ0n) is 13.7. The molecule has 0 bridgehead atoms. The first-order valence-corrected chi connectivity index (χ1v) is 9.98. The number of rotatable bonds is 3. The summed E-state index contributed by atoms with van der Waals surface area (Å²) >= 11 is 0. The molecule has 0 aromatic heterocycles. The Morgan fingerprint density at radius 1 is 1.29 bits per heavy atom. The van der Waals surface area contributed by atoms with Gasteiger partial charge in [-0.3, -0.25) is 0 Å². The predicted molar refractivity (Wildman–Crippen MR) is 89.3 cm³/mol. The number of hydrogen-bond acceptors (Lipinski definition) is 6. The summed E-state index contributed by atoms with van der Waals surface area (Å²) < 4.78 is 30.8. The lowest BCUT2D eigenvalue weighted by Crippen LogP contribution is -2.45. The highest BCUT2D eigenvalue weighted by molar-refractivity contribution is 7.88. The van der Waals surface area contributed by atoms with Crippen molar-refractivity contribution in [1.82, 2.24) is 4.31 Å². The number of piperidine rings is 1. The van der Waals surface area contributed by atoms with Gasteiger partial charge in [0.1, 0.15) is 0 Å². The van der Waals surface area contributed by atoms with Crippen molar-refractivity contribution >= 4 is 10.0 Å². The number of aromatic hydroxyl groups is 2. The summed E-state index contributed by atoms with van der Waals surface area (Å²) in [4.78, 5) is 0. The van der Waals surface area contributed by atoms with Crippen LogP contribution in [0, 0.1) is 5.92 Å². The molecule has 2 heterocycles. The van der Waals surface area contributed by atoms with Crippen molar-refractivity contribution in [1.29, 1.82) is 0 Å². The van der Waals surface area contributed by atoms with Crippen LogP contribution in [-0.2, 0) is 21.4 Å². The van der Waals surface area contributed by atoms with Crippen LogP contribution < -0.4 is 5.73 Å². The van der Waals surface area contributed by atoms with Gasteiger partial charge in [0.15, 0.2) is 11.5 Å². The number of nitrogens with zero attached hydrogens (tertiary/aromatic N) is 1. The van der Waals surface area contributed by atoms with E-state index in [2.05, 4.69) is 0 Å². The lowest BCUT2D eigenvalue weighted by molar-refractivity contribution is -0.0405. The molecule has 2 atom stereocenters. The number of phenols is 2. The number of sulfonamides is 1. The fraction of sp³-hybridized carbons (Fsp3) is 0.625. The molecule has 7 nitrogen and oxygen atoms in total. The summed E-state index contributed by atoms with van der Waals surface area (Å²) in [6.45, 7) is 1.59. The second kappa shape index (κ2) is 6.51. The number of hydrogen-bond donors (Lipinski definition) is 3. The van der Waals surface area contributed by atoms with Crippen molar-refractivity contribution in [2.75, 3.05) is 25.9 Å². The van der Waals surface area contributed by atoms with E-state index in [1.54, 1.807) is 6.07 Å². The van der Waals surface area contributed by atoms with Crippen LogP contribution in [0.4, 0.5) is 0 Å². The van der Waals surface area contributed by atoms with E-state index in [9.17, 15) is 18.6 Å². The van der Waals surface area contributed by atoms with Gasteiger partial charge in [-0.05, 0) is 30.4 Å². The molecule has 24 heavy (non-hydrogen) atoms. The smallest absolute Gasteiger partial charge is 0.211 e. The first-order chi connectivity index (χ1) is 11.3. The Morgan fingerprint density at radius 2 is 1.96 bits per heavy atom. The Labute approximate surface area is 142 Å². The maximum absolute atomic E-state index is 11.6. The topological polar surface area (TPSA) is 113 Å². The highest BCUT2D eigenvalue weighted by Crippen LogP contribution is 2.44. The van der Waals surface area contributed by atoms with Gasteiger partial charge >= 0.3 is 0 Å². The maximum Gasteiger partial charge on any atom is 0.211 e. The van der Waals surface area contributed by atoms with E-state index >= 15 is 0 Å². The lowest BCUT2D eigenvalue weighted by atomic mass is 9.78. The lowest BCUT2D eigenvalue weighted by Gasteiger charge is -2.41. The molecule has 0 aliphatic carbocycles. The standard InChI is InChI=1S/C16H24N2O5S/c1-24(21,22)18-6-4-10(5-7-18)16-12(8-17)14-11(9-23-16)2-3-13(19)15(14)20/h2-3,10,12,16,19-20H,4-9,17H2,1H3/t12-,16-/m0/s1. The zero-order chi connectivity index (χ0) is 17.5. The van der Waals surface area contributed by atoms with E-state index in [1.807, 2.05) is 0 Å². The highest BCUT2D eigenvalue weighted by atomic mass is 32.2. The Balaban J connectivity index is 1.82. The molecule has 2 aliphatic heterocycles. The molecule has 4 N–H and O–H groups in total. The molecule has 0 spiro atoms. The van der Waals surface area contributed by atoms with Crippen molar-refractivity contribution in [2.45, 2.75) is 31.5 Å². The third-order valence-corrected chi connectivity index (χ3v) is 6.47. The van der Waals surface area contributed by atoms with E-state index in [0.29, 0.717) is 44.6 Å². The van der Waals surface area contributed by atoms with E-state index in [0.717, 1.165) is 5.56 Å². The molecule has 1 fully saturated rings. The van der Waals surface area contributed by atoms with E-state index in [4.69, 9.17) is 10.5 Å². The van der Waals surface area contributed by atoms with Crippen LogP contribution in [0.1, 0.15) is 29.9 Å². The summed E-state index contributed by atoms with van der Waals surface area (Å²) in [5.74, 6) is -0.313. The Kier molecular flexibility index (Phi) is 4.74.